The first-order chi connectivity index (χ1) is 8.79. The lowest BCUT2D eigenvalue weighted by Crippen LogP contribution is -2.07. The minimum absolute atomic E-state index is 0.125. The Morgan fingerprint density at radius 2 is 2.16 bits per heavy atom. The Morgan fingerprint density at radius 3 is 2.74 bits per heavy atom. The van der Waals surface area contributed by atoms with Gasteiger partial charge in [0.1, 0.15) is 0 Å². The number of hydrogen-bond acceptors (Lipinski definition) is 2. The van der Waals surface area contributed by atoms with Crippen LogP contribution in [0.15, 0.2) is 24.5 Å². The van der Waals surface area contributed by atoms with Gasteiger partial charge in [0.25, 0.3) is 0 Å². The summed E-state index contributed by atoms with van der Waals surface area (Å²) in [5.74, 6) is -1.21. The molecule has 0 aromatic carbocycles. The van der Waals surface area contributed by atoms with E-state index in [-0.39, 0.29) is 16.4 Å². The van der Waals surface area contributed by atoms with Gasteiger partial charge in [0.15, 0.2) is 5.65 Å². The lowest BCUT2D eigenvalue weighted by atomic mass is 10.2. The highest BCUT2D eigenvalue weighted by Gasteiger charge is 2.32. The van der Waals surface area contributed by atoms with Crippen molar-refractivity contribution in [2.45, 2.75) is 6.18 Å². The molecule has 0 radical (unpaired) electrons. The molecule has 0 atom stereocenters. The molecule has 8 heteroatoms. The summed E-state index contributed by atoms with van der Waals surface area (Å²) in [4.78, 5) is 14.2. The van der Waals surface area contributed by atoms with Gasteiger partial charge in [-0.2, -0.15) is 13.2 Å². The summed E-state index contributed by atoms with van der Waals surface area (Å²) in [6.07, 6.45) is -0.553. The van der Waals surface area contributed by atoms with Gasteiger partial charge in [0, 0.05) is 12.3 Å². The number of hydrogen-bond donors (Lipinski definition) is 1. The van der Waals surface area contributed by atoms with E-state index in [0.29, 0.717) is 0 Å². The van der Waals surface area contributed by atoms with Crippen LogP contribution in [0.5, 0.6) is 0 Å². The van der Waals surface area contributed by atoms with Crippen LogP contribution in [0, 0.1) is 0 Å². The average Bonchev–Trinajstić information content (AvgIpc) is 2.68. The average molecular weight is 291 g/mol. The van der Waals surface area contributed by atoms with Crippen LogP contribution >= 0.6 is 11.6 Å². The molecule has 2 aromatic heterocycles. The third-order valence-electron chi connectivity index (χ3n) is 2.31. The summed E-state index contributed by atoms with van der Waals surface area (Å²) < 4.78 is 39.0. The Hall–Kier alpha value is -2.02. The first kappa shape index (κ1) is 13.4. The van der Waals surface area contributed by atoms with Crippen molar-refractivity contribution in [3.05, 3.63) is 40.8 Å². The molecule has 0 aliphatic carbocycles. The number of pyridine rings is 1. The highest BCUT2D eigenvalue weighted by molar-refractivity contribution is 6.33. The van der Waals surface area contributed by atoms with Gasteiger partial charge in [-0.3, -0.25) is 4.40 Å². The van der Waals surface area contributed by atoms with Crippen LogP contribution in [-0.4, -0.2) is 20.5 Å². The molecule has 19 heavy (non-hydrogen) atoms. The van der Waals surface area contributed by atoms with Crippen molar-refractivity contribution in [1.29, 1.82) is 0 Å². The zero-order valence-electron chi connectivity index (χ0n) is 9.15. The van der Waals surface area contributed by atoms with E-state index in [1.807, 2.05) is 0 Å². The highest BCUT2D eigenvalue weighted by Crippen LogP contribution is 2.32. The first-order valence-electron chi connectivity index (χ1n) is 4.94. The lowest BCUT2D eigenvalue weighted by molar-refractivity contribution is -0.138. The predicted octanol–water partition coefficient (Wildman–Crippen LogP) is 3.10. The fourth-order valence-corrected chi connectivity index (χ4v) is 1.76. The number of carbonyl (C=O) groups is 1. The normalized spacial score (nSPS) is 12.4. The molecule has 0 aliphatic heterocycles. The van der Waals surface area contributed by atoms with Gasteiger partial charge in [-0.05, 0) is 12.1 Å². The number of carboxylic acids is 1. The largest absolute Gasteiger partial charge is 0.478 e. The molecule has 0 unspecified atom stereocenters. The van der Waals surface area contributed by atoms with E-state index in [9.17, 15) is 18.0 Å². The summed E-state index contributed by atoms with van der Waals surface area (Å²) in [7, 11) is 0. The number of carboxylic acid groups (broad SMARTS) is 1. The molecule has 0 aliphatic rings. The van der Waals surface area contributed by atoms with Gasteiger partial charge in [0.05, 0.1) is 22.5 Å². The molecular weight excluding hydrogens is 285 g/mol. The standard InChI is InChI=1S/C11H6ClF3N2O2/c12-8-3-6(11(13,14)15)5-17-7(1-2-9(18)19)4-16-10(8)17/h1-5H,(H,18,19)/b2-1+. The predicted molar refractivity (Wildman–Crippen MR) is 61.9 cm³/mol. The van der Waals surface area contributed by atoms with E-state index in [1.165, 1.54) is 6.20 Å². The van der Waals surface area contributed by atoms with Crippen molar-refractivity contribution in [3.8, 4) is 0 Å². The third-order valence-corrected chi connectivity index (χ3v) is 2.59. The fraction of sp³-hybridized carbons (Fsp3) is 0.0909. The second-order valence-electron chi connectivity index (χ2n) is 3.62. The molecule has 4 nitrogen and oxygen atoms in total. The topological polar surface area (TPSA) is 54.6 Å². The highest BCUT2D eigenvalue weighted by atomic mass is 35.5. The van der Waals surface area contributed by atoms with E-state index >= 15 is 0 Å². The number of imidazole rings is 1. The van der Waals surface area contributed by atoms with Crippen molar-refractivity contribution in [2.75, 3.05) is 0 Å². The molecule has 0 bridgehead atoms. The maximum absolute atomic E-state index is 12.6. The lowest BCUT2D eigenvalue weighted by Gasteiger charge is -2.08. The molecule has 1 N–H and O–H groups in total. The maximum Gasteiger partial charge on any atom is 0.417 e. The van der Waals surface area contributed by atoms with Crippen LogP contribution < -0.4 is 0 Å². The molecule has 0 amide bonds. The Balaban J connectivity index is 2.63. The van der Waals surface area contributed by atoms with Crippen molar-refractivity contribution in [1.82, 2.24) is 9.38 Å². The zero-order valence-corrected chi connectivity index (χ0v) is 9.90. The van der Waals surface area contributed by atoms with Gasteiger partial charge in [-0.25, -0.2) is 9.78 Å². The number of rotatable bonds is 2. The Bertz CT molecular complexity index is 676. The molecule has 2 rings (SSSR count). The van der Waals surface area contributed by atoms with Crippen LogP contribution in [-0.2, 0) is 11.0 Å². The minimum atomic E-state index is -4.55. The van der Waals surface area contributed by atoms with Gasteiger partial charge >= 0.3 is 12.1 Å². The number of aromatic nitrogens is 2. The second kappa shape index (κ2) is 4.58. The smallest absolute Gasteiger partial charge is 0.417 e. The maximum atomic E-state index is 12.6. The van der Waals surface area contributed by atoms with E-state index in [4.69, 9.17) is 16.7 Å². The number of aliphatic carboxylic acids is 1. The van der Waals surface area contributed by atoms with Gasteiger partial charge in [-0.1, -0.05) is 11.6 Å². The summed E-state index contributed by atoms with van der Waals surface area (Å²) in [5, 5.41) is 8.34. The van der Waals surface area contributed by atoms with Crippen LogP contribution in [0.3, 0.4) is 0 Å². The van der Waals surface area contributed by atoms with Gasteiger partial charge in [-0.15, -0.1) is 0 Å². The van der Waals surface area contributed by atoms with Crippen LogP contribution in [0.4, 0.5) is 13.2 Å². The second-order valence-corrected chi connectivity index (χ2v) is 4.03. The fourth-order valence-electron chi connectivity index (χ4n) is 1.50. The Morgan fingerprint density at radius 1 is 1.47 bits per heavy atom. The number of fused-ring (bicyclic) bond motifs is 1. The molecule has 2 heterocycles. The SMILES string of the molecule is O=C(O)/C=C/c1cnc2c(Cl)cc(C(F)(F)F)cn12. The summed E-state index contributed by atoms with van der Waals surface area (Å²) in [6.45, 7) is 0. The molecule has 0 fully saturated rings. The zero-order chi connectivity index (χ0) is 14.2. The molecule has 0 spiro atoms. The van der Waals surface area contributed by atoms with Gasteiger partial charge < -0.3 is 5.11 Å². The van der Waals surface area contributed by atoms with Crippen LogP contribution in [0.2, 0.25) is 5.02 Å². The van der Waals surface area contributed by atoms with Gasteiger partial charge in [0.2, 0.25) is 0 Å². The number of nitrogens with zero attached hydrogens (tertiary/aromatic N) is 2. The van der Waals surface area contributed by atoms with E-state index < -0.39 is 17.7 Å². The molecule has 0 saturated heterocycles. The van der Waals surface area contributed by atoms with E-state index in [2.05, 4.69) is 4.98 Å². The number of halogens is 4. The molecule has 100 valence electrons. The number of alkyl halides is 3. The van der Waals surface area contributed by atoms with Crippen molar-refractivity contribution in [3.63, 3.8) is 0 Å². The Labute approximate surface area is 109 Å². The summed E-state index contributed by atoms with van der Waals surface area (Å²) >= 11 is 5.72. The minimum Gasteiger partial charge on any atom is -0.478 e. The quantitative estimate of drug-likeness (QED) is 0.865. The van der Waals surface area contributed by atoms with E-state index in [1.54, 1.807) is 0 Å². The van der Waals surface area contributed by atoms with E-state index in [0.717, 1.165) is 28.8 Å². The van der Waals surface area contributed by atoms with Crippen molar-refractivity contribution in [2.24, 2.45) is 0 Å². The van der Waals surface area contributed by atoms with Crippen molar-refractivity contribution >= 4 is 29.3 Å². The summed E-state index contributed by atoms with van der Waals surface area (Å²) in [5.41, 5.74) is -0.627. The first-order valence-corrected chi connectivity index (χ1v) is 5.31. The van der Waals surface area contributed by atoms with Crippen LogP contribution in [0.25, 0.3) is 11.7 Å². The summed E-state index contributed by atoms with van der Waals surface area (Å²) in [6, 6.07) is 0.772. The molecule has 2 aromatic rings. The molecule has 0 saturated carbocycles. The molecular formula is C11H6ClF3N2O2. The van der Waals surface area contributed by atoms with Crippen LogP contribution in [0.1, 0.15) is 11.3 Å². The monoisotopic (exact) mass is 290 g/mol. The Kier molecular flexibility index (Phi) is 3.23. The third kappa shape index (κ3) is 2.70. The van der Waals surface area contributed by atoms with Crippen molar-refractivity contribution < 1.29 is 23.1 Å².